The minimum absolute atomic E-state index is 0.0813. The molecule has 1 heterocycles. The first kappa shape index (κ1) is 14.1. The number of aryl methyl sites for hydroxylation is 1. The van der Waals surface area contributed by atoms with Gasteiger partial charge in [0, 0.05) is 23.9 Å². The molecule has 0 saturated heterocycles. The Morgan fingerprint density at radius 1 is 1.47 bits per heavy atom. The number of anilines is 3. The average molecular weight is 279 g/mol. The van der Waals surface area contributed by atoms with Gasteiger partial charge in [0.25, 0.3) is 0 Å². The maximum atomic E-state index is 11.4. The van der Waals surface area contributed by atoms with Gasteiger partial charge < -0.3 is 16.4 Å². The number of nitrogen functional groups attached to an aromatic ring is 1. The molecule has 0 spiro atoms. The molecule has 19 heavy (non-hydrogen) atoms. The fourth-order valence-corrected chi connectivity index (χ4v) is 2.85. The van der Waals surface area contributed by atoms with Gasteiger partial charge in [-0.25, -0.2) is 0 Å². The maximum absolute atomic E-state index is 11.4. The summed E-state index contributed by atoms with van der Waals surface area (Å²) in [6, 6.07) is 4.27. The fraction of sp³-hybridized carbons (Fsp3) is 0.500. The molecule has 1 aliphatic heterocycles. The molecule has 5 heteroatoms. The summed E-state index contributed by atoms with van der Waals surface area (Å²) >= 11 is 1.90. The molecule has 4 nitrogen and oxygen atoms in total. The molecule has 1 aliphatic rings. The van der Waals surface area contributed by atoms with Crippen LogP contribution in [0, 0.1) is 0 Å². The van der Waals surface area contributed by atoms with Crippen LogP contribution in [0.15, 0.2) is 12.1 Å². The van der Waals surface area contributed by atoms with E-state index in [9.17, 15) is 4.79 Å². The van der Waals surface area contributed by atoms with Crippen molar-refractivity contribution in [2.75, 3.05) is 27.9 Å². The van der Waals surface area contributed by atoms with Crippen molar-refractivity contribution in [3.63, 3.8) is 0 Å². The van der Waals surface area contributed by atoms with Gasteiger partial charge in [-0.15, -0.1) is 0 Å². The normalized spacial score (nSPS) is 15.6. The molecule has 0 bridgehead atoms. The Kier molecular flexibility index (Phi) is 4.58. The van der Waals surface area contributed by atoms with Crippen molar-refractivity contribution in [1.29, 1.82) is 0 Å². The van der Waals surface area contributed by atoms with Crippen LogP contribution in [0.2, 0.25) is 0 Å². The van der Waals surface area contributed by atoms with Crippen molar-refractivity contribution >= 4 is 34.7 Å². The van der Waals surface area contributed by atoms with Gasteiger partial charge in [0.05, 0.1) is 11.4 Å². The lowest BCUT2D eigenvalue weighted by atomic mass is 10.0. The quantitative estimate of drug-likeness (QED) is 0.725. The third-order valence-electron chi connectivity index (χ3n) is 3.14. The van der Waals surface area contributed by atoms with Crippen molar-refractivity contribution in [3.05, 3.63) is 17.7 Å². The van der Waals surface area contributed by atoms with Gasteiger partial charge in [-0.1, -0.05) is 6.92 Å². The van der Waals surface area contributed by atoms with Crippen molar-refractivity contribution < 1.29 is 4.79 Å². The highest BCUT2D eigenvalue weighted by Gasteiger charge is 2.17. The highest BCUT2D eigenvalue weighted by atomic mass is 32.2. The summed E-state index contributed by atoms with van der Waals surface area (Å²) in [7, 11) is 0. The molecule has 1 atom stereocenters. The van der Waals surface area contributed by atoms with E-state index >= 15 is 0 Å². The Hall–Kier alpha value is -1.36. The number of thioether (sulfide) groups is 1. The van der Waals surface area contributed by atoms with Crippen molar-refractivity contribution in [1.82, 2.24) is 0 Å². The number of hydrogen-bond acceptors (Lipinski definition) is 4. The molecular weight excluding hydrogens is 258 g/mol. The van der Waals surface area contributed by atoms with Crippen LogP contribution < -0.4 is 16.4 Å². The number of benzene rings is 1. The van der Waals surface area contributed by atoms with Crippen LogP contribution in [-0.4, -0.2) is 23.5 Å². The highest BCUT2D eigenvalue weighted by molar-refractivity contribution is 7.99. The number of amides is 1. The first-order valence-electron chi connectivity index (χ1n) is 6.66. The summed E-state index contributed by atoms with van der Waals surface area (Å²) in [6.45, 7) is 4.29. The SMILES string of the molecule is CCSCC(C)Nc1cc2c(cc1N)CCC(=O)N2. The average Bonchev–Trinajstić information content (AvgIpc) is 2.38. The minimum atomic E-state index is 0.0813. The van der Waals surface area contributed by atoms with Gasteiger partial charge >= 0.3 is 0 Å². The monoisotopic (exact) mass is 279 g/mol. The van der Waals surface area contributed by atoms with Crippen LogP contribution in [0.3, 0.4) is 0 Å². The van der Waals surface area contributed by atoms with Crippen molar-refractivity contribution in [2.24, 2.45) is 0 Å². The van der Waals surface area contributed by atoms with Crippen molar-refractivity contribution in [3.8, 4) is 0 Å². The summed E-state index contributed by atoms with van der Waals surface area (Å²) in [5.41, 5.74) is 9.75. The molecule has 0 radical (unpaired) electrons. The van der Waals surface area contributed by atoms with E-state index in [1.54, 1.807) is 0 Å². The number of fused-ring (bicyclic) bond motifs is 1. The van der Waals surface area contributed by atoms with Gasteiger partial charge in [-0.2, -0.15) is 11.8 Å². The zero-order valence-electron chi connectivity index (χ0n) is 11.5. The summed E-state index contributed by atoms with van der Waals surface area (Å²) in [5, 5.41) is 6.32. The standard InChI is InChI=1S/C14H21N3OS/c1-3-19-8-9(2)16-13-7-12-10(6-11(13)15)4-5-14(18)17-12/h6-7,9,16H,3-5,8,15H2,1-2H3,(H,17,18). The number of rotatable bonds is 5. The highest BCUT2D eigenvalue weighted by Crippen LogP contribution is 2.31. The molecule has 0 saturated carbocycles. The van der Waals surface area contributed by atoms with Crippen LogP contribution in [0.1, 0.15) is 25.8 Å². The molecule has 4 N–H and O–H groups in total. The van der Waals surface area contributed by atoms with Crippen LogP contribution >= 0.6 is 11.8 Å². The van der Waals surface area contributed by atoms with E-state index in [1.165, 1.54) is 0 Å². The second kappa shape index (κ2) is 6.19. The second-order valence-electron chi connectivity index (χ2n) is 4.85. The molecule has 0 aromatic heterocycles. The topological polar surface area (TPSA) is 67.1 Å². The molecule has 1 amide bonds. The second-order valence-corrected chi connectivity index (χ2v) is 6.17. The van der Waals surface area contributed by atoms with Crippen molar-refractivity contribution in [2.45, 2.75) is 32.7 Å². The van der Waals surface area contributed by atoms with E-state index in [-0.39, 0.29) is 5.91 Å². The molecule has 1 aromatic carbocycles. The maximum Gasteiger partial charge on any atom is 0.224 e. The van der Waals surface area contributed by atoms with Gasteiger partial charge in [0.2, 0.25) is 5.91 Å². The van der Waals surface area contributed by atoms with Gasteiger partial charge in [-0.3, -0.25) is 4.79 Å². The first-order valence-corrected chi connectivity index (χ1v) is 7.82. The predicted molar refractivity (Wildman–Crippen MR) is 83.9 cm³/mol. The predicted octanol–water partition coefficient (Wildman–Crippen LogP) is 2.71. The molecule has 1 unspecified atom stereocenters. The number of carbonyl (C=O) groups is 1. The number of nitrogens with two attached hydrogens (primary N) is 1. The number of carbonyl (C=O) groups excluding carboxylic acids is 1. The Labute approximate surface area is 118 Å². The smallest absolute Gasteiger partial charge is 0.224 e. The number of nitrogens with one attached hydrogen (secondary N) is 2. The third-order valence-corrected chi connectivity index (χ3v) is 4.29. The lowest BCUT2D eigenvalue weighted by Gasteiger charge is -2.22. The zero-order chi connectivity index (χ0) is 13.8. The lowest BCUT2D eigenvalue weighted by Crippen LogP contribution is -2.22. The van der Waals surface area contributed by atoms with Crippen LogP contribution in [-0.2, 0) is 11.2 Å². The summed E-state index contributed by atoms with van der Waals surface area (Å²) in [5.74, 6) is 2.24. The van der Waals surface area contributed by atoms with Crippen LogP contribution in [0.25, 0.3) is 0 Å². The molecule has 0 aliphatic carbocycles. The molecular formula is C14H21N3OS. The Balaban J connectivity index is 2.12. The summed E-state index contributed by atoms with van der Waals surface area (Å²) in [6.07, 6.45) is 1.32. The minimum Gasteiger partial charge on any atom is -0.397 e. The third kappa shape index (κ3) is 3.56. The zero-order valence-corrected chi connectivity index (χ0v) is 12.3. The lowest BCUT2D eigenvalue weighted by molar-refractivity contribution is -0.116. The summed E-state index contributed by atoms with van der Waals surface area (Å²) < 4.78 is 0. The van der Waals surface area contributed by atoms with E-state index in [4.69, 9.17) is 5.73 Å². The van der Waals surface area contributed by atoms with E-state index in [1.807, 2.05) is 23.9 Å². The van der Waals surface area contributed by atoms with Crippen LogP contribution in [0.4, 0.5) is 17.1 Å². The largest absolute Gasteiger partial charge is 0.397 e. The molecule has 2 rings (SSSR count). The number of hydrogen-bond donors (Lipinski definition) is 3. The molecule has 1 aromatic rings. The van der Waals surface area contributed by atoms with Crippen LogP contribution in [0.5, 0.6) is 0 Å². The summed E-state index contributed by atoms with van der Waals surface area (Å²) in [4.78, 5) is 11.4. The van der Waals surface area contributed by atoms with Gasteiger partial charge in [0.1, 0.15) is 0 Å². The van der Waals surface area contributed by atoms with Gasteiger partial charge in [0.15, 0.2) is 0 Å². The van der Waals surface area contributed by atoms with E-state index in [0.717, 1.165) is 40.6 Å². The Morgan fingerprint density at radius 3 is 3.00 bits per heavy atom. The fourth-order valence-electron chi connectivity index (χ4n) is 2.17. The van der Waals surface area contributed by atoms with E-state index in [0.29, 0.717) is 12.5 Å². The Bertz CT molecular complexity index is 476. The van der Waals surface area contributed by atoms with E-state index < -0.39 is 0 Å². The molecule has 104 valence electrons. The molecule has 0 fully saturated rings. The first-order chi connectivity index (χ1) is 9.10. The van der Waals surface area contributed by atoms with Gasteiger partial charge in [-0.05, 0) is 36.8 Å². The van der Waals surface area contributed by atoms with E-state index in [2.05, 4.69) is 24.5 Å². The Morgan fingerprint density at radius 2 is 2.26 bits per heavy atom.